The first kappa shape index (κ1) is 15.8. The smallest absolute Gasteiger partial charge is 0.419 e. The highest BCUT2D eigenvalue weighted by atomic mass is 19.4. The van der Waals surface area contributed by atoms with Crippen LogP contribution in [-0.4, -0.2) is 29.1 Å². The lowest BCUT2D eigenvalue weighted by molar-refractivity contribution is -0.147. The summed E-state index contributed by atoms with van der Waals surface area (Å²) in [6, 6.07) is 2.87. The van der Waals surface area contributed by atoms with Crippen molar-refractivity contribution in [3.63, 3.8) is 0 Å². The molecular formula is C14H15F4NO2. The molecule has 1 aromatic carbocycles. The van der Waals surface area contributed by atoms with Crippen molar-refractivity contribution in [3.8, 4) is 0 Å². The van der Waals surface area contributed by atoms with E-state index in [9.17, 15) is 22.4 Å². The highest BCUT2D eigenvalue weighted by Crippen LogP contribution is 2.34. The second-order valence-electron chi connectivity index (χ2n) is 5.64. The van der Waals surface area contributed by atoms with Gasteiger partial charge in [0, 0.05) is 13.1 Å². The molecule has 1 heterocycles. The number of alkyl halides is 3. The minimum Gasteiger partial charge on any atom is -0.481 e. The number of hydrogen-bond acceptors (Lipinski definition) is 2. The SMILES string of the molecule is CC1(C(=O)O)CCN(Cc2ccc(F)c(C(F)(F)F)c2)C1. The maximum atomic E-state index is 13.2. The molecule has 1 aliphatic rings. The lowest BCUT2D eigenvalue weighted by atomic mass is 9.90. The van der Waals surface area contributed by atoms with Crippen molar-refractivity contribution in [1.82, 2.24) is 4.90 Å². The zero-order valence-electron chi connectivity index (χ0n) is 11.4. The van der Waals surface area contributed by atoms with E-state index in [4.69, 9.17) is 5.11 Å². The highest BCUT2D eigenvalue weighted by molar-refractivity contribution is 5.74. The topological polar surface area (TPSA) is 40.5 Å². The third-order valence-corrected chi connectivity index (χ3v) is 3.81. The Hall–Kier alpha value is -1.63. The van der Waals surface area contributed by atoms with Crippen LogP contribution in [0.3, 0.4) is 0 Å². The number of nitrogens with zero attached hydrogens (tertiary/aromatic N) is 1. The summed E-state index contributed by atoms with van der Waals surface area (Å²) in [6.45, 7) is 2.54. The summed E-state index contributed by atoms with van der Waals surface area (Å²) in [5, 5.41) is 9.12. The number of likely N-dealkylation sites (tertiary alicyclic amines) is 1. The van der Waals surface area contributed by atoms with Crippen LogP contribution in [0.25, 0.3) is 0 Å². The standard InChI is InChI=1S/C14H15F4NO2/c1-13(12(20)21)4-5-19(8-13)7-9-2-3-11(15)10(6-9)14(16,17)18/h2-3,6H,4-5,7-8H2,1H3,(H,20,21). The zero-order valence-corrected chi connectivity index (χ0v) is 11.4. The Morgan fingerprint density at radius 3 is 2.62 bits per heavy atom. The normalized spacial score (nSPS) is 23.5. The summed E-state index contributed by atoms with van der Waals surface area (Å²) in [5.41, 5.74) is -1.86. The number of carboxylic acid groups (broad SMARTS) is 1. The maximum Gasteiger partial charge on any atom is 0.419 e. The average molecular weight is 305 g/mol. The third-order valence-electron chi connectivity index (χ3n) is 3.81. The van der Waals surface area contributed by atoms with Crippen molar-refractivity contribution in [3.05, 3.63) is 35.1 Å². The van der Waals surface area contributed by atoms with Crippen molar-refractivity contribution in [2.24, 2.45) is 5.41 Å². The lowest BCUT2D eigenvalue weighted by Gasteiger charge is -2.20. The van der Waals surface area contributed by atoms with Gasteiger partial charge in [0.05, 0.1) is 11.0 Å². The average Bonchev–Trinajstić information content (AvgIpc) is 2.73. The predicted octanol–water partition coefficient (Wildman–Crippen LogP) is 3.14. The molecule has 7 heteroatoms. The van der Waals surface area contributed by atoms with Gasteiger partial charge in [0.1, 0.15) is 5.82 Å². The molecule has 21 heavy (non-hydrogen) atoms. The van der Waals surface area contributed by atoms with E-state index in [0.717, 1.165) is 12.1 Å². The van der Waals surface area contributed by atoms with Crippen molar-refractivity contribution in [2.75, 3.05) is 13.1 Å². The van der Waals surface area contributed by atoms with Gasteiger partial charge in [0.15, 0.2) is 0 Å². The molecule has 0 aliphatic carbocycles. The second-order valence-corrected chi connectivity index (χ2v) is 5.64. The molecule has 1 atom stereocenters. The van der Waals surface area contributed by atoms with Crippen LogP contribution in [0.1, 0.15) is 24.5 Å². The number of rotatable bonds is 3. The van der Waals surface area contributed by atoms with Gasteiger partial charge in [-0.05, 0) is 37.6 Å². The Morgan fingerprint density at radius 1 is 1.43 bits per heavy atom. The van der Waals surface area contributed by atoms with Crippen molar-refractivity contribution >= 4 is 5.97 Å². The molecule has 1 fully saturated rings. The van der Waals surface area contributed by atoms with Gasteiger partial charge in [-0.1, -0.05) is 6.07 Å². The molecule has 0 aromatic heterocycles. The molecule has 1 unspecified atom stereocenters. The number of aliphatic carboxylic acids is 1. The summed E-state index contributed by atoms with van der Waals surface area (Å²) in [7, 11) is 0. The van der Waals surface area contributed by atoms with Crippen molar-refractivity contribution in [2.45, 2.75) is 26.1 Å². The van der Waals surface area contributed by atoms with E-state index in [1.165, 1.54) is 6.07 Å². The largest absolute Gasteiger partial charge is 0.481 e. The molecule has 1 aliphatic heterocycles. The van der Waals surface area contributed by atoms with Gasteiger partial charge in [0.25, 0.3) is 0 Å². The first-order chi connectivity index (χ1) is 9.62. The monoisotopic (exact) mass is 305 g/mol. The third kappa shape index (κ3) is 3.34. The van der Waals surface area contributed by atoms with Crippen LogP contribution in [0, 0.1) is 11.2 Å². The predicted molar refractivity (Wildman–Crippen MR) is 67.0 cm³/mol. The Balaban J connectivity index is 2.13. The molecular weight excluding hydrogens is 290 g/mol. The van der Waals surface area contributed by atoms with Crippen LogP contribution < -0.4 is 0 Å². The van der Waals surface area contributed by atoms with Crippen molar-refractivity contribution < 1.29 is 27.5 Å². The van der Waals surface area contributed by atoms with Gasteiger partial charge in [-0.2, -0.15) is 13.2 Å². The Morgan fingerprint density at radius 2 is 2.10 bits per heavy atom. The van der Waals surface area contributed by atoms with Crippen LogP contribution in [0.2, 0.25) is 0 Å². The van der Waals surface area contributed by atoms with E-state index in [1.807, 2.05) is 0 Å². The van der Waals surface area contributed by atoms with E-state index in [1.54, 1.807) is 11.8 Å². The number of benzene rings is 1. The summed E-state index contributed by atoms with van der Waals surface area (Å²) in [5.74, 6) is -2.22. The summed E-state index contributed by atoms with van der Waals surface area (Å²) >= 11 is 0. The molecule has 0 spiro atoms. The molecule has 116 valence electrons. The first-order valence-electron chi connectivity index (χ1n) is 6.43. The van der Waals surface area contributed by atoms with Gasteiger partial charge >= 0.3 is 12.1 Å². The highest BCUT2D eigenvalue weighted by Gasteiger charge is 2.40. The van der Waals surface area contributed by atoms with Crippen LogP contribution in [0.15, 0.2) is 18.2 Å². The van der Waals surface area contributed by atoms with Gasteiger partial charge in [0.2, 0.25) is 0 Å². The minimum absolute atomic E-state index is 0.173. The molecule has 1 saturated heterocycles. The van der Waals surface area contributed by atoms with Gasteiger partial charge in [-0.15, -0.1) is 0 Å². The van der Waals surface area contributed by atoms with Gasteiger partial charge < -0.3 is 5.11 Å². The molecule has 3 nitrogen and oxygen atoms in total. The van der Waals surface area contributed by atoms with Gasteiger partial charge in [-0.25, -0.2) is 4.39 Å². The number of halogens is 4. The molecule has 0 bridgehead atoms. The van der Waals surface area contributed by atoms with Crippen LogP contribution in [-0.2, 0) is 17.5 Å². The number of carbonyl (C=O) groups is 1. The fraction of sp³-hybridized carbons (Fsp3) is 0.500. The Kier molecular flexibility index (Phi) is 3.97. The van der Waals surface area contributed by atoms with Crippen LogP contribution in [0.5, 0.6) is 0 Å². The molecule has 0 saturated carbocycles. The van der Waals surface area contributed by atoms with E-state index < -0.39 is 28.9 Å². The van der Waals surface area contributed by atoms with E-state index in [-0.39, 0.29) is 13.1 Å². The fourth-order valence-electron chi connectivity index (χ4n) is 2.51. The minimum atomic E-state index is -4.74. The molecule has 1 aromatic rings. The van der Waals surface area contributed by atoms with E-state index in [2.05, 4.69) is 0 Å². The second kappa shape index (κ2) is 5.29. The zero-order chi connectivity index (χ0) is 15.8. The number of carboxylic acids is 1. The maximum absolute atomic E-state index is 13.2. The molecule has 1 N–H and O–H groups in total. The first-order valence-corrected chi connectivity index (χ1v) is 6.43. The van der Waals surface area contributed by atoms with Gasteiger partial charge in [-0.3, -0.25) is 9.69 Å². The van der Waals surface area contributed by atoms with Crippen LogP contribution >= 0.6 is 0 Å². The quantitative estimate of drug-likeness (QED) is 0.872. The Bertz CT molecular complexity index is 558. The van der Waals surface area contributed by atoms with Crippen molar-refractivity contribution in [1.29, 1.82) is 0 Å². The summed E-state index contributed by atoms with van der Waals surface area (Å²) < 4.78 is 51.1. The molecule has 0 amide bonds. The van der Waals surface area contributed by atoms with Crippen LogP contribution in [0.4, 0.5) is 17.6 Å². The molecule has 2 rings (SSSR count). The summed E-state index contributed by atoms with van der Waals surface area (Å²) in [4.78, 5) is 12.9. The lowest BCUT2D eigenvalue weighted by Crippen LogP contribution is -2.31. The molecule has 0 radical (unpaired) electrons. The Labute approximate surface area is 119 Å². The number of hydrogen-bond donors (Lipinski definition) is 1. The summed E-state index contributed by atoms with van der Waals surface area (Å²) in [6.07, 6.45) is -4.30. The fourth-order valence-corrected chi connectivity index (χ4v) is 2.51. The van der Waals surface area contributed by atoms with E-state index in [0.29, 0.717) is 18.5 Å². The van der Waals surface area contributed by atoms with E-state index >= 15 is 0 Å².